The molecule has 2 aromatic rings. The smallest absolute Gasteiger partial charge is 0.424 e. The van der Waals surface area contributed by atoms with Crippen LogP contribution in [0.2, 0.25) is 10.0 Å². The SMILES string of the molecule is O=C(Nc1cc([N+](=O)[O-])ccc1Cl)N[C@@]1(C(F)(F)F)Oc2ccc(Cl)cc2O1. The van der Waals surface area contributed by atoms with E-state index in [-0.39, 0.29) is 27.2 Å². The molecule has 1 atom stereocenters. The summed E-state index contributed by atoms with van der Waals surface area (Å²) in [5.41, 5.74) is -0.718. The molecule has 3 rings (SSSR count). The van der Waals surface area contributed by atoms with Crippen LogP contribution in [0.15, 0.2) is 36.4 Å². The molecule has 1 heterocycles. The standard InChI is InChI=1S/C15H8Cl2F3N3O5/c16-7-1-4-11-12(5-7)28-15(27-11,14(18,19)20)22-13(24)21-10-6-8(23(25)26)2-3-9(10)17/h1-6H,(H2,21,22,24)/t15-/m0/s1. The number of anilines is 1. The maximum absolute atomic E-state index is 13.6. The van der Waals surface area contributed by atoms with E-state index in [1.165, 1.54) is 11.4 Å². The first-order valence-electron chi connectivity index (χ1n) is 7.28. The summed E-state index contributed by atoms with van der Waals surface area (Å²) in [7, 11) is 0. The maximum Gasteiger partial charge on any atom is 0.492 e. The number of ether oxygens (including phenoxy) is 2. The number of hydrogen-bond acceptors (Lipinski definition) is 5. The number of alkyl halides is 3. The molecular formula is C15H8Cl2F3N3O5. The van der Waals surface area contributed by atoms with E-state index >= 15 is 0 Å². The molecule has 0 radical (unpaired) electrons. The number of amides is 2. The van der Waals surface area contributed by atoms with Crippen molar-refractivity contribution in [1.29, 1.82) is 0 Å². The van der Waals surface area contributed by atoms with Crippen LogP contribution in [0.3, 0.4) is 0 Å². The van der Waals surface area contributed by atoms with Gasteiger partial charge < -0.3 is 14.8 Å². The summed E-state index contributed by atoms with van der Waals surface area (Å²) in [5, 5.41) is 14.3. The Morgan fingerprint density at radius 3 is 2.43 bits per heavy atom. The first-order valence-corrected chi connectivity index (χ1v) is 8.04. The van der Waals surface area contributed by atoms with Gasteiger partial charge in [0, 0.05) is 23.2 Å². The number of nitro benzene ring substituents is 1. The summed E-state index contributed by atoms with van der Waals surface area (Å²) in [4.78, 5) is 22.2. The molecule has 0 bridgehead atoms. The molecule has 1 aliphatic heterocycles. The van der Waals surface area contributed by atoms with E-state index in [2.05, 4.69) is 0 Å². The highest BCUT2D eigenvalue weighted by Gasteiger charge is 2.65. The Morgan fingerprint density at radius 2 is 1.79 bits per heavy atom. The number of benzene rings is 2. The van der Waals surface area contributed by atoms with Crippen LogP contribution >= 0.6 is 23.2 Å². The Morgan fingerprint density at radius 1 is 1.11 bits per heavy atom. The molecule has 13 heteroatoms. The summed E-state index contributed by atoms with van der Waals surface area (Å²) in [5.74, 6) is -4.16. The fourth-order valence-electron chi connectivity index (χ4n) is 2.24. The van der Waals surface area contributed by atoms with Gasteiger partial charge in [0.25, 0.3) is 5.69 Å². The van der Waals surface area contributed by atoms with Crippen molar-refractivity contribution in [3.8, 4) is 11.5 Å². The number of fused-ring (bicyclic) bond motifs is 1. The fourth-order valence-corrected chi connectivity index (χ4v) is 2.57. The van der Waals surface area contributed by atoms with Gasteiger partial charge in [-0.25, -0.2) is 4.79 Å². The molecule has 0 fully saturated rings. The van der Waals surface area contributed by atoms with Crippen molar-refractivity contribution in [3.63, 3.8) is 0 Å². The minimum Gasteiger partial charge on any atom is -0.424 e. The van der Waals surface area contributed by atoms with E-state index in [4.69, 9.17) is 32.7 Å². The van der Waals surface area contributed by atoms with Crippen LogP contribution in [0.5, 0.6) is 11.5 Å². The molecule has 2 aromatic carbocycles. The third kappa shape index (κ3) is 3.71. The lowest BCUT2D eigenvalue weighted by Gasteiger charge is -2.29. The van der Waals surface area contributed by atoms with Crippen LogP contribution in [-0.2, 0) is 0 Å². The minimum absolute atomic E-state index is 0.0909. The lowest BCUT2D eigenvalue weighted by atomic mass is 10.3. The molecule has 1 aliphatic rings. The maximum atomic E-state index is 13.6. The quantitative estimate of drug-likeness (QED) is 0.534. The molecular weight excluding hydrogens is 430 g/mol. The first kappa shape index (κ1) is 19.8. The minimum atomic E-state index is -5.19. The topological polar surface area (TPSA) is 103 Å². The lowest BCUT2D eigenvalue weighted by molar-refractivity contribution is -0.384. The van der Waals surface area contributed by atoms with E-state index in [1.54, 1.807) is 0 Å². The molecule has 0 unspecified atom stereocenters. The monoisotopic (exact) mass is 437 g/mol. The van der Waals surface area contributed by atoms with Gasteiger partial charge in [0.2, 0.25) is 0 Å². The zero-order valence-corrected chi connectivity index (χ0v) is 14.9. The number of hydrogen-bond donors (Lipinski definition) is 2. The highest BCUT2D eigenvalue weighted by molar-refractivity contribution is 6.33. The highest BCUT2D eigenvalue weighted by atomic mass is 35.5. The number of nitrogens with one attached hydrogen (secondary N) is 2. The average Bonchev–Trinajstić information content (AvgIpc) is 2.94. The van der Waals surface area contributed by atoms with Crippen LogP contribution in [-0.4, -0.2) is 23.0 Å². The Kier molecular flexibility index (Phi) is 4.90. The normalized spacial score (nSPS) is 17.9. The fraction of sp³-hybridized carbons (Fsp3) is 0.133. The molecule has 2 N–H and O–H groups in total. The van der Waals surface area contributed by atoms with Crippen LogP contribution < -0.4 is 20.1 Å². The third-order valence-corrected chi connectivity index (χ3v) is 4.04. The Balaban J connectivity index is 1.85. The lowest BCUT2D eigenvalue weighted by Crippen LogP contribution is -2.65. The van der Waals surface area contributed by atoms with E-state index in [1.807, 2.05) is 5.32 Å². The van der Waals surface area contributed by atoms with Crippen LogP contribution in [0, 0.1) is 10.1 Å². The van der Waals surface area contributed by atoms with Crippen LogP contribution in [0.25, 0.3) is 0 Å². The molecule has 0 aromatic heterocycles. The average molecular weight is 438 g/mol. The number of carbonyl (C=O) groups is 1. The van der Waals surface area contributed by atoms with Gasteiger partial charge in [-0.1, -0.05) is 23.2 Å². The van der Waals surface area contributed by atoms with Crippen molar-refractivity contribution < 1.29 is 32.4 Å². The van der Waals surface area contributed by atoms with Gasteiger partial charge in [-0.2, -0.15) is 13.2 Å². The van der Waals surface area contributed by atoms with E-state index in [0.29, 0.717) is 0 Å². The molecule has 8 nitrogen and oxygen atoms in total. The molecule has 0 saturated carbocycles. The van der Waals surface area contributed by atoms with Crippen molar-refractivity contribution in [2.45, 2.75) is 12.1 Å². The second-order valence-electron chi connectivity index (χ2n) is 5.41. The van der Waals surface area contributed by atoms with Gasteiger partial charge in [-0.3, -0.25) is 15.4 Å². The molecule has 0 spiro atoms. The Hall–Kier alpha value is -2.92. The molecule has 28 heavy (non-hydrogen) atoms. The molecule has 148 valence electrons. The number of carbonyl (C=O) groups excluding carboxylic acids is 1. The van der Waals surface area contributed by atoms with Gasteiger partial charge in [-0.05, 0) is 18.2 Å². The van der Waals surface area contributed by atoms with Gasteiger partial charge in [0.1, 0.15) is 0 Å². The number of non-ortho nitro benzene ring substituents is 1. The predicted octanol–water partition coefficient (Wildman–Crippen LogP) is 4.71. The summed E-state index contributed by atoms with van der Waals surface area (Å²) >= 11 is 11.5. The Labute approximate surface area is 164 Å². The summed E-state index contributed by atoms with van der Waals surface area (Å²) in [6.45, 7) is 0. The largest absolute Gasteiger partial charge is 0.492 e. The predicted molar refractivity (Wildman–Crippen MR) is 91.8 cm³/mol. The van der Waals surface area contributed by atoms with Gasteiger partial charge >= 0.3 is 18.1 Å². The summed E-state index contributed by atoms with van der Waals surface area (Å²) < 4.78 is 50.4. The second kappa shape index (κ2) is 6.91. The molecule has 0 saturated heterocycles. The van der Waals surface area contributed by atoms with Crippen LogP contribution in [0.1, 0.15) is 0 Å². The van der Waals surface area contributed by atoms with E-state index < -0.39 is 28.7 Å². The second-order valence-corrected chi connectivity index (χ2v) is 6.25. The third-order valence-electron chi connectivity index (χ3n) is 3.47. The number of nitrogens with zero attached hydrogens (tertiary/aromatic N) is 1. The number of halogens is 5. The van der Waals surface area contributed by atoms with Crippen LogP contribution in [0.4, 0.5) is 29.3 Å². The zero-order valence-electron chi connectivity index (χ0n) is 13.3. The van der Waals surface area contributed by atoms with Crippen molar-refractivity contribution in [3.05, 3.63) is 56.6 Å². The van der Waals surface area contributed by atoms with Gasteiger partial charge in [-0.15, -0.1) is 0 Å². The van der Waals surface area contributed by atoms with Crippen molar-refractivity contribution in [1.82, 2.24) is 5.32 Å². The summed E-state index contributed by atoms with van der Waals surface area (Å²) in [6.07, 6.45) is -5.19. The highest BCUT2D eigenvalue weighted by Crippen LogP contribution is 2.46. The Bertz CT molecular complexity index is 972. The molecule has 2 amide bonds. The number of urea groups is 1. The number of rotatable bonds is 3. The van der Waals surface area contributed by atoms with Crippen molar-refractivity contribution in [2.24, 2.45) is 0 Å². The summed E-state index contributed by atoms with van der Waals surface area (Å²) in [6, 6.07) is 5.12. The van der Waals surface area contributed by atoms with Gasteiger partial charge in [0.05, 0.1) is 15.6 Å². The van der Waals surface area contributed by atoms with Crippen molar-refractivity contribution in [2.75, 3.05) is 5.32 Å². The van der Waals surface area contributed by atoms with Gasteiger partial charge in [0.15, 0.2) is 11.5 Å². The number of nitro groups is 1. The zero-order chi connectivity index (χ0) is 20.7. The van der Waals surface area contributed by atoms with E-state index in [9.17, 15) is 28.1 Å². The van der Waals surface area contributed by atoms with E-state index in [0.717, 1.165) is 30.3 Å². The van der Waals surface area contributed by atoms with Crippen molar-refractivity contribution >= 4 is 40.6 Å². The first-order chi connectivity index (χ1) is 13.0. The molecule has 0 aliphatic carbocycles.